The van der Waals surface area contributed by atoms with E-state index in [0.717, 1.165) is 16.7 Å². The van der Waals surface area contributed by atoms with Crippen LogP contribution >= 0.6 is 11.6 Å². The topological polar surface area (TPSA) is 63.6 Å². The van der Waals surface area contributed by atoms with Crippen molar-refractivity contribution in [3.05, 3.63) is 21.8 Å². The van der Waals surface area contributed by atoms with Crippen LogP contribution in [0.3, 0.4) is 0 Å². The van der Waals surface area contributed by atoms with Crippen molar-refractivity contribution < 1.29 is 19.4 Å². The molecule has 0 aromatic carbocycles. The fourth-order valence-electron chi connectivity index (χ4n) is 2.63. The summed E-state index contributed by atoms with van der Waals surface area (Å²) < 4.78 is 4.73. The number of halogens is 1. The Balaban J connectivity index is 3.53. The molecule has 0 spiro atoms. The van der Waals surface area contributed by atoms with Crippen molar-refractivity contribution in [3.63, 3.8) is 0 Å². The zero-order valence-corrected chi connectivity index (χ0v) is 12.6. The SMILES string of the molecule is COC(=O)[C@@]1(C(=O)O)CC(C)=C(C)[C@H]1C(Cl)=C(C)C. The van der Waals surface area contributed by atoms with E-state index < -0.39 is 23.3 Å². The minimum atomic E-state index is -1.64. The second-order valence-corrected chi connectivity index (χ2v) is 5.60. The van der Waals surface area contributed by atoms with Crippen LogP contribution in [-0.2, 0) is 14.3 Å². The standard InChI is InChI=1S/C14H19ClO4/c1-7(2)11(15)10-9(4)8(3)6-14(10,12(16)17)13(18)19-5/h10H,6H2,1-5H3,(H,16,17)/t10-,14-/m0/s1. The summed E-state index contributed by atoms with van der Waals surface area (Å²) in [5.41, 5.74) is 0.864. The Labute approximate surface area is 118 Å². The van der Waals surface area contributed by atoms with Gasteiger partial charge in [-0.1, -0.05) is 28.3 Å². The molecule has 0 aliphatic heterocycles. The maximum Gasteiger partial charge on any atom is 0.324 e. The van der Waals surface area contributed by atoms with E-state index in [4.69, 9.17) is 16.3 Å². The summed E-state index contributed by atoms with van der Waals surface area (Å²) in [6.45, 7) is 7.24. The Kier molecular flexibility index (Phi) is 4.46. The summed E-state index contributed by atoms with van der Waals surface area (Å²) in [7, 11) is 1.20. The number of carboxylic acid groups (broad SMARTS) is 1. The largest absolute Gasteiger partial charge is 0.480 e. The number of hydrogen-bond acceptors (Lipinski definition) is 3. The molecule has 5 heteroatoms. The fraction of sp³-hybridized carbons (Fsp3) is 0.571. The molecular formula is C14H19ClO4. The number of aliphatic carboxylic acids is 1. The predicted octanol–water partition coefficient (Wildman–Crippen LogP) is 3.12. The van der Waals surface area contributed by atoms with Crippen molar-refractivity contribution in [2.45, 2.75) is 34.1 Å². The minimum absolute atomic E-state index is 0.134. The number of carbonyl (C=O) groups excluding carboxylic acids is 1. The molecule has 0 saturated carbocycles. The highest BCUT2D eigenvalue weighted by molar-refractivity contribution is 6.31. The third-order valence-corrected chi connectivity index (χ3v) is 4.40. The van der Waals surface area contributed by atoms with Gasteiger partial charge in [-0.15, -0.1) is 0 Å². The summed E-state index contributed by atoms with van der Waals surface area (Å²) in [5.74, 6) is -2.59. The molecule has 2 atom stereocenters. The third kappa shape index (κ3) is 2.29. The summed E-state index contributed by atoms with van der Waals surface area (Å²) in [5, 5.41) is 10.00. The predicted molar refractivity (Wildman–Crippen MR) is 72.8 cm³/mol. The van der Waals surface area contributed by atoms with E-state index in [1.165, 1.54) is 7.11 Å². The highest BCUT2D eigenvalue weighted by Crippen LogP contribution is 2.52. The minimum Gasteiger partial charge on any atom is -0.480 e. The molecule has 4 nitrogen and oxygen atoms in total. The highest BCUT2D eigenvalue weighted by Gasteiger charge is 2.59. The van der Waals surface area contributed by atoms with Crippen LogP contribution in [0.5, 0.6) is 0 Å². The van der Waals surface area contributed by atoms with E-state index >= 15 is 0 Å². The van der Waals surface area contributed by atoms with Crippen LogP contribution in [-0.4, -0.2) is 24.2 Å². The van der Waals surface area contributed by atoms with Gasteiger partial charge in [0.25, 0.3) is 0 Å². The average molecular weight is 287 g/mol. The van der Waals surface area contributed by atoms with E-state index in [1.54, 1.807) is 13.8 Å². The van der Waals surface area contributed by atoms with Crippen LogP contribution < -0.4 is 0 Å². The number of carbonyl (C=O) groups is 2. The molecule has 0 aromatic rings. The zero-order valence-electron chi connectivity index (χ0n) is 11.8. The molecule has 1 aliphatic rings. The third-order valence-electron chi connectivity index (χ3n) is 3.81. The van der Waals surface area contributed by atoms with Gasteiger partial charge >= 0.3 is 11.9 Å². The first-order chi connectivity index (χ1) is 8.70. The molecule has 0 heterocycles. The van der Waals surface area contributed by atoms with E-state index in [2.05, 4.69) is 0 Å². The smallest absolute Gasteiger partial charge is 0.324 e. The van der Waals surface area contributed by atoms with Gasteiger partial charge in [-0.25, -0.2) is 0 Å². The molecule has 0 unspecified atom stereocenters. The maximum atomic E-state index is 12.1. The van der Waals surface area contributed by atoms with E-state index in [-0.39, 0.29) is 6.42 Å². The summed E-state index contributed by atoms with van der Waals surface area (Å²) in [4.78, 5) is 23.8. The van der Waals surface area contributed by atoms with Gasteiger partial charge in [0, 0.05) is 11.0 Å². The number of methoxy groups -OCH3 is 1. The Morgan fingerprint density at radius 2 is 1.89 bits per heavy atom. The lowest BCUT2D eigenvalue weighted by atomic mass is 9.74. The van der Waals surface area contributed by atoms with Gasteiger partial charge in [-0.3, -0.25) is 9.59 Å². The molecule has 0 radical (unpaired) electrons. The van der Waals surface area contributed by atoms with Gasteiger partial charge < -0.3 is 9.84 Å². The number of rotatable bonds is 3. The normalized spacial score (nSPS) is 26.3. The van der Waals surface area contributed by atoms with Gasteiger partial charge in [0.15, 0.2) is 5.41 Å². The van der Waals surface area contributed by atoms with E-state index in [9.17, 15) is 14.7 Å². The van der Waals surface area contributed by atoms with Crippen molar-refractivity contribution in [3.8, 4) is 0 Å². The van der Waals surface area contributed by atoms with Gasteiger partial charge in [-0.05, 0) is 34.1 Å². The second kappa shape index (κ2) is 5.37. The first-order valence-corrected chi connectivity index (χ1v) is 6.38. The highest BCUT2D eigenvalue weighted by atomic mass is 35.5. The van der Waals surface area contributed by atoms with E-state index in [1.807, 2.05) is 13.8 Å². The van der Waals surface area contributed by atoms with Crippen LogP contribution in [0.4, 0.5) is 0 Å². The molecule has 0 fully saturated rings. The van der Waals surface area contributed by atoms with Gasteiger partial charge in [0.05, 0.1) is 7.11 Å². The summed E-state index contributed by atoms with van der Waals surface area (Å²) >= 11 is 6.29. The molecule has 1 N–H and O–H groups in total. The molecule has 0 aromatic heterocycles. The van der Waals surface area contributed by atoms with Crippen molar-refractivity contribution >= 4 is 23.5 Å². The van der Waals surface area contributed by atoms with Crippen LogP contribution in [0, 0.1) is 11.3 Å². The van der Waals surface area contributed by atoms with Crippen LogP contribution in [0.25, 0.3) is 0 Å². The molecule has 0 bridgehead atoms. The summed E-state index contributed by atoms with van der Waals surface area (Å²) in [6, 6.07) is 0. The van der Waals surface area contributed by atoms with Crippen LogP contribution in [0.1, 0.15) is 34.1 Å². The van der Waals surface area contributed by atoms with Gasteiger partial charge in [-0.2, -0.15) is 0 Å². The Hall–Kier alpha value is -1.29. The number of carboxylic acids is 1. The number of ether oxygens (including phenoxy) is 1. The second-order valence-electron chi connectivity index (χ2n) is 5.19. The lowest BCUT2D eigenvalue weighted by Crippen LogP contribution is -2.44. The van der Waals surface area contributed by atoms with Gasteiger partial charge in [0.1, 0.15) is 0 Å². The quantitative estimate of drug-likeness (QED) is 0.492. The first kappa shape index (κ1) is 15.8. The van der Waals surface area contributed by atoms with Crippen molar-refractivity contribution in [2.24, 2.45) is 11.3 Å². The number of allylic oxidation sites excluding steroid dienone is 4. The average Bonchev–Trinajstić information content (AvgIpc) is 2.61. The molecule has 0 saturated heterocycles. The first-order valence-electron chi connectivity index (χ1n) is 6.01. The fourth-order valence-corrected chi connectivity index (χ4v) is 2.98. The Morgan fingerprint density at radius 1 is 1.37 bits per heavy atom. The molecule has 1 aliphatic carbocycles. The molecule has 1 rings (SSSR count). The van der Waals surface area contributed by atoms with Crippen LogP contribution in [0.2, 0.25) is 0 Å². The molecule has 0 amide bonds. The van der Waals surface area contributed by atoms with Crippen molar-refractivity contribution in [1.29, 1.82) is 0 Å². The lowest BCUT2D eigenvalue weighted by Gasteiger charge is -2.30. The van der Waals surface area contributed by atoms with Crippen molar-refractivity contribution in [2.75, 3.05) is 7.11 Å². The number of esters is 1. The summed E-state index contributed by atoms with van der Waals surface area (Å²) in [6.07, 6.45) is 0.134. The lowest BCUT2D eigenvalue weighted by molar-refractivity contribution is -0.168. The van der Waals surface area contributed by atoms with E-state index in [0.29, 0.717) is 5.03 Å². The Bertz CT molecular complexity index is 486. The maximum absolute atomic E-state index is 12.1. The van der Waals surface area contributed by atoms with Crippen LogP contribution in [0.15, 0.2) is 21.8 Å². The molecular weight excluding hydrogens is 268 g/mol. The van der Waals surface area contributed by atoms with Gasteiger partial charge in [0.2, 0.25) is 0 Å². The monoisotopic (exact) mass is 286 g/mol. The number of hydrogen-bond donors (Lipinski definition) is 1. The van der Waals surface area contributed by atoms with Crippen molar-refractivity contribution in [1.82, 2.24) is 0 Å². The molecule has 19 heavy (non-hydrogen) atoms. The zero-order chi connectivity index (χ0) is 15.0. The molecule has 106 valence electrons. The Morgan fingerprint density at radius 3 is 2.26 bits per heavy atom.